The molecule has 0 aliphatic carbocycles. The van der Waals surface area contributed by atoms with E-state index in [0.717, 1.165) is 62.6 Å². The summed E-state index contributed by atoms with van der Waals surface area (Å²) in [5, 5.41) is 3.54. The fourth-order valence-corrected chi connectivity index (χ4v) is 6.14. The SMILES string of the molecule is C[C@@H]1CN(CC(=O)N2CC(C)(C)c3cnc(Cc4ccc(F)cc4F)cc32)[C@@H](CN2CCCC2C=O)CN1. The van der Waals surface area contributed by atoms with Crippen molar-refractivity contribution in [1.29, 1.82) is 0 Å². The Morgan fingerprint density at radius 2 is 2.05 bits per heavy atom. The molecule has 2 fully saturated rings. The van der Waals surface area contributed by atoms with E-state index in [9.17, 15) is 18.4 Å². The molecule has 1 unspecified atom stereocenters. The molecule has 38 heavy (non-hydrogen) atoms. The lowest BCUT2D eigenvalue weighted by atomic mass is 9.88. The average Bonchev–Trinajstić information content (AvgIpc) is 3.43. The van der Waals surface area contributed by atoms with Crippen molar-refractivity contribution in [2.75, 3.05) is 44.2 Å². The average molecular weight is 526 g/mol. The van der Waals surface area contributed by atoms with Gasteiger partial charge >= 0.3 is 0 Å². The van der Waals surface area contributed by atoms with Gasteiger partial charge in [-0.1, -0.05) is 19.9 Å². The smallest absolute Gasteiger partial charge is 0.241 e. The molecule has 0 saturated carbocycles. The van der Waals surface area contributed by atoms with Gasteiger partial charge in [0.2, 0.25) is 5.91 Å². The van der Waals surface area contributed by atoms with E-state index >= 15 is 0 Å². The topological polar surface area (TPSA) is 68.8 Å². The Morgan fingerprint density at radius 1 is 1.24 bits per heavy atom. The summed E-state index contributed by atoms with van der Waals surface area (Å²) in [7, 11) is 0. The minimum atomic E-state index is -0.612. The number of carbonyl (C=O) groups is 2. The molecule has 2 saturated heterocycles. The molecule has 1 aromatic carbocycles. The fraction of sp³-hybridized carbons (Fsp3) is 0.552. The number of hydrogen-bond acceptors (Lipinski definition) is 6. The van der Waals surface area contributed by atoms with Crippen LogP contribution in [0.3, 0.4) is 0 Å². The molecule has 5 rings (SSSR count). The van der Waals surface area contributed by atoms with Gasteiger partial charge in [-0.3, -0.25) is 19.6 Å². The predicted molar refractivity (Wildman–Crippen MR) is 142 cm³/mol. The fourth-order valence-electron chi connectivity index (χ4n) is 6.14. The monoisotopic (exact) mass is 525 g/mol. The maximum absolute atomic E-state index is 14.3. The molecule has 4 heterocycles. The van der Waals surface area contributed by atoms with Crippen molar-refractivity contribution < 1.29 is 18.4 Å². The zero-order valence-electron chi connectivity index (χ0n) is 22.4. The Balaban J connectivity index is 1.34. The number of anilines is 1. The van der Waals surface area contributed by atoms with E-state index in [1.165, 1.54) is 12.1 Å². The second-order valence-electron chi connectivity index (χ2n) is 11.7. The zero-order chi connectivity index (χ0) is 27.0. The Kier molecular flexibility index (Phi) is 7.62. The van der Waals surface area contributed by atoms with E-state index in [-0.39, 0.29) is 42.4 Å². The molecule has 1 N–H and O–H groups in total. The lowest BCUT2D eigenvalue weighted by molar-refractivity contribution is -0.121. The molecule has 2 aromatic rings. The number of aromatic nitrogens is 1. The maximum atomic E-state index is 14.3. The molecule has 0 spiro atoms. The number of piperazine rings is 1. The van der Waals surface area contributed by atoms with Crippen molar-refractivity contribution in [3.63, 3.8) is 0 Å². The van der Waals surface area contributed by atoms with Crippen LogP contribution < -0.4 is 10.2 Å². The summed E-state index contributed by atoms with van der Waals surface area (Å²) in [6.07, 6.45) is 4.98. The highest BCUT2D eigenvalue weighted by atomic mass is 19.1. The first-order valence-electron chi connectivity index (χ1n) is 13.5. The third-order valence-corrected chi connectivity index (χ3v) is 8.28. The normalized spacial score (nSPS) is 25.5. The number of rotatable bonds is 7. The van der Waals surface area contributed by atoms with Crippen LogP contribution in [0.15, 0.2) is 30.5 Å². The van der Waals surface area contributed by atoms with Crippen molar-refractivity contribution in [3.05, 3.63) is 58.9 Å². The number of pyridine rings is 1. The van der Waals surface area contributed by atoms with E-state index in [2.05, 4.69) is 40.9 Å². The minimum absolute atomic E-state index is 0.0226. The van der Waals surface area contributed by atoms with Crippen LogP contribution >= 0.6 is 0 Å². The van der Waals surface area contributed by atoms with Crippen molar-refractivity contribution >= 4 is 17.9 Å². The molecule has 7 nitrogen and oxygen atoms in total. The van der Waals surface area contributed by atoms with E-state index in [4.69, 9.17) is 0 Å². The molecule has 3 atom stereocenters. The third-order valence-electron chi connectivity index (χ3n) is 8.28. The molecule has 3 aliphatic heterocycles. The summed E-state index contributed by atoms with van der Waals surface area (Å²) >= 11 is 0. The third kappa shape index (κ3) is 5.51. The number of nitrogens with one attached hydrogen (secondary N) is 1. The van der Waals surface area contributed by atoms with Crippen molar-refractivity contribution in [2.45, 2.75) is 63.6 Å². The molecule has 3 aliphatic rings. The molecular weight excluding hydrogens is 488 g/mol. The number of carbonyl (C=O) groups excluding carboxylic acids is 2. The Labute approximate surface area is 223 Å². The highest BCUT2D eigenvalue weighted by Crippen LogP contribution is 2.40. The Hall–Kier alpha value is -2.75. The van der Waals surface area contributed by atoms with Crippen LogP contribution in [0.25, 0.3) is 0 Å². The van der Waals surface area contributed by atoms with Gasteiger partial charge in [0.15, 0.2) is 0 Å². The summed E-state index contributed by atoms with van der Waals surface area (Å²) in [5.74, 6) is -1.19. The summed E-state index contributed by atoms with van der Waals surface area (Å²) in [6.45, 7) is 10.4. The van der Waals surface area contributed by atoms with Crippen LogP contribution in [0.1, 0.15) is 50.4 Å². The predicted octanol–water partition coefficient (Wildman–Crippen LogP) is 2.90. The number of hydrogen-bond donors (Lipinski definition) is 1. The Morgan fingerprint density at radius 3 is 2.82 bits per heavy atom. The van der Waals surface area contributed by atoms with Gasteiger partial charge in [-0.05, 0) is 44.0 Å². The van der Waals surface area contributed by atoms with E-state index in [0.29, 0.717) is 17.8 Å². The molecule has 0 bridgehead atoms. The number of likely N-dealkylation sites (tertiary alicyclic amines) is 1. The van der Waals surface area contributed by atoms with Crippen LogP contribution in [0.5, 0.6) is 0 Å². The number of fused-ring (bicyclic) bond motifs is 1. The number of halogens is 2. The quantitative estimate of drug-likeness (QED) is 0.561. The first-order valence-corrected chi connectivity index (χ1v) is 13.5. The second-order valence-corrected chi connectivity index (χ2v) is 11.7. The highest BCUT2D eigenvalue weighted by Gasteiger charge is 2.40. The Bertz CT molecular complexity index is 1210. The molecule has 204 valence electrons. The lowest BCUT2D eigenvalue weighted by Crippen LogP contribution is -2.61. The van der Waals surface area contributed by atoms with Crippen molar-refractivity contribution in [1.82, 2.24) is 20.1 Å². The van der Waals surface area contributed by atoms with Gasteiger partial charge in [0.1, 0.15) is 17.9 Å². The van der Waals surface area contributed by atoms with Gasteiger partial charge in [-0.15, -0.1) is 0 Å². The number of amides is 1. The van der Waals surface area contributed by atoms with E-state index in [1.54, 1.807) is 6.20 Å². The van der Waals surface area contributed by atoms with Gasteiger partial charge in [0.25, 0.3) is 0 Å². The van der Waals surface area contributed by atoms with Crippen LogP contribution in [0, 0.1) is 11.6 Å². The number of benzene rings is 1. The van der Waals surface area contributed by atoms with E-state index < -0.39 is 11.6 Å². The lowest BCUT2D eigenvalue weighted by Gasteiger charge is -2.41. The summed E-state index contributed by atoms with van der Waals surface area (Å²) in [5.41, 5.74) is 2.54. The highest BCUT2D eigenvalue weighted by molar-refractivity contribution is 5.97. The summed E-state index contributed by atoms with van der Waals surface area (Å²) in [6, 6.07) is 5.81. The van der Waals surface area contributed by atoms with Crippen molar-refractivity contribution in [3.8, 4) is 0 Å². The van der Waals surface area contributed by atoms with Gasteiger partial charge in [-0.25, -0.2) is 8.78 Å². The molecule has 0 radical (unpaired) electrons. The second kappa shape index (κ2) is 10.8. The van der Waals surface area contributed by atoms with Gasteiger partial charge in [-0.2, -0.15) is 0 Å². The molecule has 1 amide bonds. The molecular formula is C29H37F2N5O2. The summed E-state index contributed by atoms with van der Waals surface area (Å²) in [4.78, 5) is 36.2. The number of nitrogens with zero attached hydrogens (tertiary/aromatic N) is 4. The first-order chi connectivity index (χ1) is 18.1. The van der Waals surface area contributed by atoms with Crippen LogP contribution in [-0.4, -0.2) is 84.4 Å². The van der Waals surface area contributed by atoms with E-state index in [1.807, 2.05) is 11.0 Å². The summed E-state index contributed by atoms with van der Waals surface area (Å²) < 4.78 is 27.7. The van der Waals surface area contributed by atoms with Crippen molar-refractivity contribution in [2.24, 2.45) is 0 Å². The van der Waals surface area contributed by atoms with Crippen LogP contribution in [-0.2, 0) is 21.4 Å². The molecule has 9 heteroatoms. The van der Waals surface area contributed by atoms with Gasteiger partial charge in [0, 0.05) is 73.6 Å². The molecule has 1 aromatic heterocycles. The first kappa shape index (κ1) is 26.8. The standard InChI is InChI=1S/C29H37F2N5O2/c1-19-14-35(24(12-32-19)15-34-8-4-5-23(34)17-37)16-28(38)36-18-29(2,3)25-13-33-22(11-27(25)36)9-20-6-7-21(30)10-26(20)31/h6-7,10-11,13,17,19,23-24,32H,4-5,8-9,12,14-16,18H2,1-3H3/t19-,23?,24-/m1/s1. The number of aldehydes is 1. The van der Waals surface area contributed by atoms with Gasteiger partial charge in [0.05, 0.1) is 18.3 Å². The van der Waals surface area contributed by atoms with Crippen LogP contribution in [0.2, 0.25) is 0 Å². The largest absolute Gasteiger partial charge is 0.311 e. The van der Waals surface area contributed by atoms with Crippen LogP contribution in [0.4, 0.5) is 14.5 Å². The van der Waals surface area contributed by atoms with Gasteiger partial charge < -0.3 is 15.0 Å². The zero-order valence-corrected chi connectivity index (χ0v) is 22.4. The minimum Gasteiger partial charge on any atom is -0.311 e. The maximum Gasteiger partial charge on any atom is 0.241 e.